The van der Waals surface area contributed by atoms with Gasteiger partial charge in [0.25, 0.3) is 0 Å². The fraction of sp³-hybridized carbons (Fsp3) is 0.476. The molecule has 27 heavy (non-hydrogen) atoms. The van der Waals surface area contributed by atoms with Gasteiger partial charge in [-0.15, -0.1) is 0 Å². The lowest BCUT2D eigenvalue weighted by molar-refractivity contribution is -0.146. The van der Waals surface area contributed by atoms with Crippen molar-refractivity contribution in [1.29, 1.82) is 0 Å². The topological polar surface area (TPSA) is 70.5 Å². The highest BCUT2D eigenvalue weighted by molar-refractivity contribution is 5.77. The van der Waals surface area contributed by atoms with E-state index in [0.29, 0.717) is 30.5 Å². The molecule has 0 aliphatic heterocycles. The number of hydrogen-bond donors (Lipinski definition) is 0. The molecule has 0 amide bonds. The molecule has 1 atom stereocenters. The Morgan fingerprint density at radius 3 is 2.30 bits per heavy atom. The first-order chi connectivity index (χ1) is 13.1. The van der Waals surface area contributed by atoms with Crippen LogP contribution in [0.15, 0.2) is 36.7 Å². The zero-order chi connectivity index (χ0) is 19.5. The van der Waals surface area contributed by atoms with Gasteiger partial charge in [0.2, 0.25) is 0 Å². The van der Waals surface area contributed by atoms with E-state index in [-0.39, 0.29) is 0 Å². The highest BCUT2D eigenvalue weighted by atomic mass is 16.6. The highest BCUT2D eigenvalue weighted by Gasteiger charge is 2.15. The van der Waals surface area contributed by atoms with Gasteiger partial charge in [-0.2, -0.15) is 0 Å². The lowest BCUT2D eigenvalue weighted by atomic mass is 10.2. The second kappa shape index (κ2) is 11.3. The summed E-state index contributed by atoms with van der Waals surface area (Å²) < 4.78 is 16.3. The Bertz CT molecular complexity index is 686. The summed E-state index contributed by atoms with van der Waals surface area (Å²) in [6.45, 7) is 7.04. The number of ether oxygens (including phenoxy) is 3. The van der Waals surface area contributed by atoms with Crippen molar-refractivity contribution in [3.05, 3.63) is 36.7 Å². The quantitative estimate of drug-likeness (QED) is 0.330. The fourth-order valence-electron chi connectivity index (χ4n) is 2.32. The van der Waals surface area contributed by atoms with E-state index < -0.39 is 12.1 Å². The third-order valence-electron chi connectivity index (χ3n) is 3.88. The first-order valence-electron chi connectivity index (χ1n) is 9.52. The maximum Gasteiger partial charge on any atom is 0.340 e. The minimum absolute atomic E-state index is 0.406. The van der Waals surface area contributed by atoms with Gasteiger partial charge in [0.05, 0.1) is 19.0 Å². The molecule has 0 aliphatic carbocycles. The normalized spacial score (nSPS) is 11.8. The van der Waals surface area contributed by atoms with Gasteiger partial charge in [-0.25, -0.2) is 14.8 Å². The Hall–Kier alpha value is -2.47. The average molecular weight is 372 g/mol. The van der Waals surface area contributed by atoms with Gasteiger partial charge < -0.3 is 14.2 Å². The molecule has 1 unspecified atom stereocenters. The van der Waals surface area contributed by atoms with Crippen LogP contribution >= 0.6 is 0 Å². The number of carbonyl (C=O) groups excluding carboxylic acids is 1. The summed E-state index contributed by atoms with van der Waals surface area (Å²) in [4.78, 5) is 20.6. The molecule has 2 rings (SSSR count). The number of esters is 1. The molecule has 0 saturated heterocycles. The molecule has 1 heterocycles. The van der Waals surface area contributed by atoms with E-state index in [1.54, 1.807) is 31.5 Å². The SMILES string of the molecule is CCCCCOc1cnc(-c2ccc(OC(=O)C(C)OCCC)cc2)nc1. The second-order valence-electron chi connectivity index (χ2n) is 6.26. The minimum Gasteiger partial charge on any atom is -0.490 e. The third-order valence-corrected chi connectivity index (χ3v) is 3.88. The van der Waals surface area contributed by atoms with Crippen molar-refractivity contribution in [3.8, 4) is 22.9 Å². The van der Waals surface area contributed by atoms with Crippen LogP contribution in [-0.2, 0) is 9.53 Å². The van der Waals surface area contributed by atoms with E-state index in [2.05, 4.69) is 16.9 Å². The van der Waals surface area contributed by atoms with Crippen molar-refractivity contribution >= 4 is 5.97 Å². The van der Waals surface area contributed by atoms with Crippen molar-refractivity contribution in [1.82, 2.24) is 9.97 Å². The van der Waals surface area contributed by atoms with Crippen LogP contribution in [0.25, 0.3) is 11.4 Å². The molecule has 0 spiro atoms. The van der Waals surface area contributed by atoms with E-state index in [4.69, 9.17) is 14.2 Å². The molecule has 1 aromatic carbocycles. The standard InChI is InChI=1S/C21H28N2O4/c1-4-6-7-13-26-19-14-22-20(23-15-19)17-8-10-18(11-9-17)27-21(24)16(3)25-12-5-2/h8-11,14-16H,4-7,12-13H2,1-3H3. The molecule has 1 aromatic heterocycles. The lowest BCUT2D eigenvalue weighted by Crippen LogP contribution is -2.26. The van der Waals surface area contributed by atoms with E-state index in [0.717, 1.165) is 31.2 Å². The van der Waals surface area contributed by atoms with Gasteiger partial charge >= 0.3 is 5.97 Å². The monoisotopic (exact) mass is 372 g/mol. The lowest BCUT2D eigenvalue weighted by Gasteiger charge is -2.12. The maximum atomic E-state index is 12.0. The second-order valence-corrected chi connectivity index (χ2v) is 6.26. The van der Waals surface area contributed by atoms with Crippen LogP contribution in [0.1, 0.15) is 46.5 Å². The molecule has 0 N–H and O–H groups in total. The molecule has 0 aliphatic rings. The number of hydrogen-bond acceptors (Lipinski definition) is 6. The Morgan fingerprint density at radius 1 is 0.963 bits per heavy atom. The Balaban J connectivity index is 1.89. The van der Waals surface area contributed by atoms with Crippen LogP contribution < -0.4 is 9.47 Å². The van der Waals surface area contributed by atoms with E-state index >= 15 is 0 Å². The van der Waals surface area contributed by atoms with Crippen molar-refractivity contribution in [2.45, 2.75) is 52.6 Å². The van der Waals surface area contributed by atoms with Gasteiger partial charge in [-0.3, -0.25) is 0 Å². The largest absolute Gasteiger partial charge is 0.490 e. The van der Waals surface area contributed by atoms with Gasteiger partial charge in [0, 0.05) is 12.2 Å². The molecular weight excluding hydrogens is 344 g/mol. The first kappa shape index (κ1) is 20.8. The molecule has 0 fully saturated rings. The number of carbonyl (C=O) groups is 1. The van der Waals surface area contributed by atoms with Crippen molar-refractivity contribution in [3.63, 3.8) is 0 Å². The minimum atomic E-state index is -0.585. The average Bonchev–Trinajstić information content (AvgIpc) is 2.70. The molecule has 0 bridgehead atoms. The van der Waals surface area contributed by atoms with E-state index in [1.165, 1.54) is 0 Å². The van der Waals surface area contributed by atoms with E-state index in [1.807, 2.05) is 19.1 Å². The Morgan fingerprint density at radius 2 is 1.67 bits per heavy atom. The summed E-state index contributed by atoms with van der Waals surface area (Å²) >= 11 is 0. The van der Waals surface area contributed by atoms with Crippen LogP contribution in [0.3, 0.4) is 0 Å². The van der Waals surface area contributed by atoms with Crippen LogP contribution in [0.2, 0.25) is 0 Å². The summed E-state index contributed by atoms with van der Waals surface area (Å²) in [5.74, 6) is 1.32. The number of unbranched alkanes of at least 4 members (excludes halogenated alkanes) is 2. The summed E-state index contributed by atoms with van der Waals surface area (Å²) in [6, 6.07) is 7.07. The summed E-state index contributed by atoms with van der Waals surface area (Å²) in [5.41, 5.74) is 0.836. The van der Waals surface area contributed by atoms with Gasteiger partial charge in [-0.1, -0.05) is 26.7 Å². The summed E-state index contributed by atoms with van der Waals surface area (Å²) in [5, 5.41) is 0. The predicted molar refractivity (Wildman–Crippen MR) is 104 cm³/mol. The van der Waals surface area contributed by atoms with Crippen LogP contribution in [0.5, 0.6) is 11.5 Å². The zero-order valence-corrected chi connectivity index (χ0v) is 16.3. The number of benzene rings is 1. The van der Waals surface area contributed by atoms with Gasteiger partial charge in [0.1, 0.15) is 5.75 Å². The third kappa shape index (κ3) is 6.98. The number of rotatable bonds is 11. The molecule has 6 nitrogen and oxygen atoms in total. The van der Waals surface area contributed by atoms with Gasteiger partial charge in [-0.05, 0) is 44.0 Å². The Labute approximate surface area is 160 Å². The smallest absolute Gasteiger partial charge is 0.340 e. The molecule has 2 aromatic rings. The Kier molecular flexibility index (Phi) is 8.71. The fourth-order valence-corrected chi connectivity index (χ4v) is 2.32. The van der Waals surface area contributed by atoms with Crippen LogP contribution in [0, 0.1) is 0 Å². The molecule has 146 valence electrons. The van der Waals surface area contributed by atoms with Crippen LogP contribution in [-0.4, -0.2) is 35.3 Å². The maximum absolute atomic E-state index is 12.0. The zero-order valence-electron chi connectivity index (χ0n) is 16.3. The molecule has 0 saturated carbocycles. The number of nitrogens with zero attached hydrogens (tertiary/aromatic N) is 2. The van der Waals surface area contributed by atoms with Crippen molar-refractivity contribution in [2.75, 3.05) is 13.2 Å². The summed E-state index contributed by atoms with van der Waals surface area (Å²) in [6.07, 6.45) is 6.96. The van der Waals surface area contributed by atoms with Crippen LogP contribution in [0.4, 0.5) is 0 Å². The highest BCUT2D eigenvalue weighted by Crippen LogP contribution is 2.21. The van der Waals surface area contributed by atoms with Gasteiger partial charge in [0.15, 0.2) is 17.7 Å². The van der Waals surface area contributed by atoms with Crippen molar-refractivity contribution in [2.24, 2.45) is 0 Å². The number of aromatic nitrogens is 2. The van der Waals surface area contributed by atoms with E-state index in [9.17, 15) is 4.79 Å². The molecular formula is C21H28N2O4. The van der Waals surface area contributed by atoms with Crippen molar-refractivity contribution < 1.29 is 19.0 Å². The molecule has 0 radical (unpaired) electrons. The first-order valence-corrected chi connectivity index (χ1v) is 9.52. The predicted octanol–water partition coefficient (Wildman–Crippen LogP) is 4.43. The molecule has 6 heteroatoms. The summed E-state index contributed by atoms with van der Waals surface area (Å²) in [7, 11) is 0.